The fraction of sp³-hybridized carbons (Fsp3) is 0.150. The number of aromatic nitrogens is 5. The van der Waals surface area contributed by atoms with Gasteiger partial charge in [-0.2, -0.15) is 5.10 Å². The van der Waals surface area contributed by atoms with Crippen molar-refractivity contribution in [3.05, 3.63) is 54.0 Å². The van der Waals surface area contributed by atoms with Crippen LogP contribution in [0, 0.1) is 5.82 Å². The minimum Gasteiger partial charge on any atom is -0.465 e. The standard InChI is InChI=1S/C20H17F3N8O2/c21-12-6-2-1-4-10(12)8-31-19-11(5-3-7-26-19)14(29-31)18-27-16(24)15(17(25)28-18)30(20(32)33)9-13(22)23/h1-7,13H,8-9H2,(H,32,33)(H4,24,25,27,28). The van der Waals surface area contributed by atoms with E-state index in [1.54, 1.807) is 30.3 Å². The third-order valence-electron chi connectivity index (χ3n) is 4.76. The molecule has 1 amide bonds. The molecule has 4 aromatic rings. The van der Waals surface area contributed by atoms with Crippen molar-refractivity contribution in [2.45, 2.75) is 13.0 Å². The molecule has 3 heterocycles. The summed E-state index contributed by atoms with van der Waals surface area (Å²) < 4.78 is 41.3. The number of carboxylic acid groups (broad SMARTS) is 1. The summed E-state index contributed by atoms with van der Waals surface area (Å²) in [5, 5.41) is 14.2. The number of hydrogen-bond acceptors (Lipinski definition) is 7. The van der Waals surface area contributed by atoms with E-state index >= 15 is 0 Å². The number of alkyl halides is 2. The molecule has 0 bridgehead atoms. The lowest BCUT2D eigenvalue weighted by Crippen LogP contribution is -2.35. The zero-order valence-electron chi connectivity index (χ0n) is 16.9. The predicted molar refractivity (Wildman–Crippen MR) is 114 cm³/mol. The van der Waals surface area contributed by atoms with E-state index in [1.807, 2.05) is 0 Å². The number of amides is 1. The molecule has 0 spiro atoms. The van der Waals surface area contributed by atoms with Crippen molar-refractivity contribution < 1.29 is 23.1 Å². The van der Waals surface area contributed by atoms with Crippen LogP contribution >= 0.6 is 0 Å². The van der Waals surface area contributed by atoms with Crippen molar-refractivity contribution in [1.82, 2.24) is 24.7 Å². The number of pyridine rings is 1. The topological polar surface area (TPSA) is 149 Å². The van der Waals surface area contributed by atoms with Crippen molar-refractivity contribution >= 4 is 34.4 Å². The van der Waals surface area contributed by atoms with Crippen LogP contribution in [0.4, 0.5) is 35.3 Å². The van der Waals surface area contributed by atoms with Gasteiger partial charge >= 0.3 is 6.09 Å². The molecule has 0 unspecified atom stereocenters. The number of carbonyl (C=O) groups is 1. The lowest BCUT2D eigenvalue weighted by Gasteiger charge is -2.21. The fourth-order valence-corrected chi connectivity index (χ4v) is 3.35. The molecule has 0 saturated carbocycles. The maximum absolute atomic E-state index is 14.2. The highest BCUT2D eigenvalue weighted by Gasteiger charge is 2.27. The first kappa shape index (κ1) is 21.8. The SMILES string of the molecule is Nc1nc(-c2nn(Cc3ccccc3F)c3ncccc23)nc(N)c1N(CC(F)F)C(=O)O. The van der Waals surface area contributed by atoms with Crippen LogP contribution in [-0.4, -0.2) is 48.9 Å². The summed E-state index contributed by atoms with van der Waals surface area (Å²) in [6.07, 6.45) is -3.12. The zero-order valence-corrected chi connectivity index (χ0v) is 16.9. The summed E-state index contributed by atoms with van der Waals surface area (Å²) in [5.41, 5.74) is 12.3. The molecule has 170 valence electrons. The summed E-state index contributed by atoms with van der Waals surface area (Å²) in [7, 11) is 0. The average molecular weight is 458 g/mol. The van der Waals surface area contributed by atoms with Crippen LogP contribution in [0.25, 0.3) is 22.6 Å². The first-order valence-corrected chi connectivity index (χ1v) is 9.53. The van der Waals surface area contributed by atoms with Crippen molar-refractivity contribution in [1.29, 1.82) is 0 Å². The van der Waals surface area contributed by atoms with Crippen molar-refractivity contribution in [2.24, 2.45) is 0 Å². The minimum absolute atomic E-state index is 0.0599. The van der Waals surface area contributed by atoms with Crippen molar-refractivity contribution in [3.8, 4) is 11.5 Å². The molecule has 10 nitrogen and oxygen atoms in total. The summed E-state index contributed by atoms with van der Waals surface area (Å²) >= 11 is 0. The second-order valence-corrected chi connectivity index (χ2v) is 6.92. The Morgan fingerprint density at radius 1 is 1.12 bits per heavy atom. The van der Waals surface area contributed by atoms with Gasteiger partial charge in [0.25, 0.3) is 6.43 Å². The first-order valence-electron chi connectivity index (χ1n) is 9.53. The van der Waals surface area contributed by atoms with Crippen LogP contribution in [0.5, 0.6) is 0 Å². The fourth-order valence-electron chi connectivity index (χ4n) is 3.35. The van der Waals surface area contributed by atoms with E-state index in [0.717, 1.165) is 0 Å². The van der Waals surface area contributed by atoms with Crippen LogP contribution in [0.2, 0.25) is 0 Å². The zero-order chi connectivity index (χ0) is 23.7. The van der Waals surface area contributed by atoms with E-state index in [4.69, 9.17) is 11.5 Å². The molecule has 0 aliphatic heterocycles. The number of hydrogen-bond donors (Lipinski definition) is 3. The number of fused-ring (bicyclic) bond motifs is 1. The number of nitrogens with two attached hydrogens (primary N) is 2. The lowest BCUT2D eigenvalue weighted by molar-refractivity contribution is 0.148. The maximum atomic E-state index is 14.2. The highest BCUT2D eigenvalue weighted by atomic mass is 19.3. The van der Waals surface area contributed by atoms with Gasteiger partial charge in [-0.15, -0.1) is 0 Å². The number of benzene rings is 1. The molecule has 0 fully saturated rings. The van der Waals surface area contributed by atoms with Crippen LogP contribution in [0.1, 0.15) is 5.56 Å². The quantitative estimate of drug-likeness (QED) is 0.399. The second kappa shape index (κ2) is 8.61. The van der Waals surface area contributed by atoms with E-state index in [9.17, 15) is 23.1 Å². The third kappa shape index (κ3) is 4.20. The van der Waals surface area contributed by atoms with E-state index in [-0.39, 0.29) is 23.0 Å². The highest BCUT2D eigenvalue weighted by Crippen LogP contribution is 2.33. The molecule has 5 N–H and O–H groups in total. The largest absolute Gasteiger partial charge is 0.465 e. The molecule has 0 aliphatic carbocycles. The average Bonchev–Trinajstić information content (AvgIpc) is 3.12. The van der Waals surface area contributed by atoms with Gasteiger partial charge in [0.05, 0.1) is 18.5 Å². The van der Waals surface area contributed by atoms with E-state index in [1.165, 1.54) is 16.9 Å². The number of nitrogens with zero attached hydrogens (tertiary/aromatic N) is 6. The molecule has 0 radical (unpaired) electrons. The van der Waals surface area contributed by atoms with Gasteiger partial charge in [-0.1, -0.05) is 18.2 Å². The Bertz CT molecular complexity index is 1320. The Labute approximate surface area is 184 Å². The van der Waals surface area contributed by atoms with Crippen LogP contribution in [0.15, 0.2) is 42.6 Å². The van der Waals surface area contributed by atoms with Gasteiger partial charge < -0.3 is 16.6 Å². The van der Waals surface area contributed by atoms with Crippen LogP contribution in [0.3, 0.4) is 0 Å². The van der Waals surface area contributed by atoms with Gasteiger partial charge in [0.2, 0.25) is 0 Å². The second-order valence-electron chi connectivity index (χ2n) is 6.92. The molecule has 0 aliphatic rings. The van der Waals surface area contributed by atoms with E-state index < -0.39 is 42.2 Å². The van der Waals surface area contributed by atoms with Gasteiger partial charge in [0.1, 0.15) is 17.2 Å². The smallest absolute Gasteiger partial charge is 0.412 e. The van der Waals surface area contributed by atoms with Gasteiger partial charge in [-0.3, -0.25) is 4.90 Å². The predicted octanol–water partition coefficient (Wildman–Crippen LogP) is 2.99. The minimum atomic E-state index is -2.97. The van der Waals surface area contributed by atoms with Crippen LogP contribution in [-0.2, 0) is 6.54 Å². The summed E-state index contributed by atoms with van der Waals surface area (Å²) in [6.45, 7) is -1.10. The highest BCUT2D eigenvalue weighted by molar-refractivity contribution is 5.95. The summed E-state index contributed by atoms with van der Waals surface area (Å²) in [5.74, 6) is -1.32. The Kier molecular flexibility index (Phi) is 5.69. The van der Waals surface area contributed by atoms with Gasteiger partial charge in [0, 0.05) is 11.8 Å². The number of nitrogen functional groups attached to an aromatic ring is 2. The lowest BCUT2D eigenvalue weighted by atomic mass is 10.2. The molecule has 1 aromatic carbocycles. The van der Waals surface area contributed by atoms with Gasteiger partial charge in [-0.05, 0) is 18.2 Å². The first-order chi connectivity index (χ1) is 15.8. The van der Waals surface area contributed by atoms with E-state index in [0.29, 0.717) is 16.6 Å². The van der Waals surface area contributed by atoms with Crippen molar-refractivity contribution in [2.75, 3.05) is 22.9 Å². The van der Waals surface area contributed by atoms with Gasteiger partial charge in [0.15, 0.2) is 23.1 Å². The summed E-state index contributed by atoms with van der Waals surface area (Å²) in [4.78, 5) is 24.1. The molecule has 13 heteroatoms. The third-order valence-corrected chi connectivity index (χ3v) is 4.76. The molecule has 0 atom stereocenters. The number of rotatable bonds is 6. The molecule has 0 saturated heterocycles. The molecule has 33 heavy (non-hydrogen) atoms. The molecule has 4 rings (SSSR count). The Hall–Kier alpha value is -4.42. The number of halogens is 3. The summed E-state index contributed by atoms with van der Waals surface area (Å²) in [6, 6.07) is 9.53. The normalized spacial score (nSPS) is 11.3. The maximum Gasteiger partial charge on any atom is 0.412 e. The Morgan fingerprint density at radius 2 is 1.82 bits per heavy atom. The van der Waals surface area contributed by atoms with E-state index in [2.05, 4.69) is 20.1 Å². The Balaban J connectivity index is 1.81. The molecular formula is C20H17F3N8O2. The molecular weight excluding hydrogens is 441 g/mol. The van der Waals surface area contributed by atoms with Gasteiger partial charge in [-0.25, -0.2) is 37.6 Å². The van der Waals surface area contributed by atoms with Crippen LogP contribution < -0.4 is 16.4 Å². The number of anilines is 3. The van der Waals surface area contributed by atoms with Crippen molar-refractivity contribution in [3.63, 3.8) is 0 Å². The molecule has 3 aromatic heterocycles. The Morgan fingerprint density at radius 3 is 2.45 bits per heavy atom. The monoisotopic (exact) mass is 458 g/mol.